The SMILES string of the molecule is CCCCCNS(=O)(=O)c1cnn(CCN)c1. The lowest BCUT2D eigenvalue weighted by Gasteiger charge is -2.03. The number of nitrogens with one attached hydrogen (secondary N) is 1. The summed E-state index contributed by atoms with van der Waals surface area (Å²) >= 11 is 0. The maximum Gasteiger partial charge on any atom is 0.243 e. The Bertz CT molecular complexity index is 427. The molecular weight excluding hydrogens is 240 g/mol. The highest BCUT2D eigenvalue weighted by atomic mass is 32.2. The number of nitrogens with two attached hydrogens (primary N) is 1. The minimum atomic E-state index is -3.41. The highest BCUT2D eigenvalue weighted by molar-refractivity contribution is 7.89. The molecule has 0 unspecified atom stereocenters. The van der Waals surface area contributed by atoms with Gasteiger partial charge in [-0.2, -0.15) is 5.10 Å². The van der Waals surface area contributed by atoms with E-state index in [0.29, 0.717) is 19.6 Å². The molecule has 0 saturated carbocycles. The first-order valence-corrected chi connectivity index (χ1v) is 7.30. The van der Waals surface area contributed by atoms with Crippen molar-refractivity contribution in [2.45, 2.75) is 37.6 Å². The van der Waals surface area contributed by atoms with Gasteiger partial charge < -0.3 is 5.73 Å². The van der Waals surface area contributed by atoms with Crippen LogP contribution in [0.1, 0.15) is 26.2 Å². The molecule has 98 valence electrons. The maximum atomic E-state index is 11.8. The highest BCUT2D eigenvalue weighted by Gasteiger charge is 2.15. The van der Waals surface area contributed by atoms with E-state index >= 15 is 0 Å². The molecule has 1 heterocycles. The van der Waals surface area contributed by atoms with Crippen LogP contribution in [0.15, 0.2) is 17.3 Å². The van der Waals surface area contributed by atoms with E-state index in [1.807, 2.05) is 0 Å². The van der Waals surface area contributed by atoms with Crippen molar-refractivity contribution in [3.05, 3.63) is 12.4 Å². The Hall–Kier alpha value is -0.920. The van der Waals surface area contributed by atoms with Gasteiger partial charge in [-0.3, -0.25) is 4.68 Å². The van der Waals surface area contributed by atoms with E-state index in [2.05, 4.69) is 16.7 Å². The maximum absolute atomic E-state index is 11.8. The first kappa shape index (κ1) is 14.1. The van der Waals surface area contributed by atoms with Crippen molar-refractivity contribution in [2.24, 2.45) is 5.73 Å². The molecule has 0 saturated heterocycles. The minimum absolute atomic E-state index is 0.197. The molecule has 0 bridgehead atoms. The van der Waals surface area contributed by atoms with Gasteiger partial charge >= 0.3 is 0 Å². The number of hydrogen-bond donors (Lipinski definition) is 2. The van der Waals surface area contributed by atoms with Gasteiger partial charge in [0.25, 0.3) is 0 Å². The molecule has 0 aliphatic rings. The van der Waals surface area contributed by atoms with Crippen LogP contribution in [0.5, 0.6) is 0 Å². The van der Waals surface area contributed by atoms with Crippen LogP contribution in [-0.4, -0.2) is 31.3 Å². The van der Waals surface area contributed by atoms with Crippen LogP contribution in [0, 0.1) is 0 Å². The quantitative estimate of drug-likeness (QED) is 0.658. The molecule has 0 amide bonds. The zero-order valence-electron chi connectivity index (χ0n) is 10.1. The first-order valence-electron chi connectivity index (χ1n) is 5.82. The number of hydrogen-bond acceptors (Lipinski definition) is 4. The Morgan fingerprint density at radius 2 is 2.24 bits per heavy atom. The Balaban J connectivity index is 2.56. The molecule has 1 aromatic heterocycles. The van der Waals surface area contributed by atoms with Gasteiger partial charge in [0.2, 0.25) is 10.0 Å². The molecule has 6 nitrogen and oxygen atoms in total. The monoisotopic (exact) mass is 260 g/mol. The van der Waals surface area contributed by atoms with E-state index in [-0.39, 0.29) is 4.90 Å². The highest BCUT2D eigenvalue weighted by Crippen LogP contribution is 2.06. The van der Waals surface area contributed by atoms with E-state index in [4.69, 9.17) is 5.73 Å². The Morgan fingerprint density at radius 3 is 2.88 bits per heavy atom. The van der Waals surface area contributed by atoms with Crippen LogP contribution in [0.3, 0.4) is 0 Å². The number of rotatable bonds is 8. The fraction of sp³-hybridized carbons (Fsp3) is 0.700. The van der Waals surface area contributed by atoms with Gasteiger partial charge in [0, 0.05) is 19.3 Å². The number of sulfonamides is 1. The van der Waals surface area contributed by atoms with Gasteiger partial charge in [-0.25, -0.2) is 13.1 Å². The summed E-state index contributed by atoms with van der Waals surface area (Å²) in [5.74, 6) is 0. The van der Waals surface area contributed by atoms with E-state index in [0.717, 1.165) is 19.3 Å². The predicted molar refractivity (Wildman–Crippen MR) is 66.0 cm³/mol. The summed E-state index contributed by atoms with van der Waals surface area (Å²) in [6.45, 7) is 3.50. The largest absolute Gasteiger partial charge is 0.329 e. The molecule has 0 radical (unpaired) electrons. The normalized spacial score (nSPS) is 11.9. The number of nitrogens with zero attached hydrogens (tertiary/aromatic N) is 2. The molecule has 17 heavy (non-hydrogen) atoms. The summed E-state index contributed by atoms with van der Waals surface area (Å²) in [6.07, 6.45) is 5.78. The lowest BCUT2D eigenvalue weighted by Crippen LogP contribution is -2.24. The lowest BCUT2D eigenvalue weighted by atomic mass is 10.3. The van der Waals surface area contributed by atoms with E-state index in [1.165, 1.54) is 17.1 Å². The molecule has 0 aliphatic heterocycles. The summed E-state index contributed by atoms with van der Waals surface area (Å²) in [7, 11) is -3.41. The van der Waals surface area contributed by atoms with E-state index in [9.17, 15) is 8.42 Å². The predicted octanol–water partition coefficient (Wildman–Crippen LogP) is 0.310. The molecular formula is C10H20N4O2S. The van der Waals surface area contributed by atoms with Gasteiger partial charge in [0.15, 0.2) is 0 Å². The Morgan fingerprint density at radius 1 is 1.47 bits per heavy atom. The zero-order chi connectivity index (χ0) is 12.7. The van der Waals surface area contributed by atoms with Crippen LogP contribution in [0.25, 0.3) is 0 Å². The van der Waals surface area contributed by atoms with Crippen LogP contribution >= 0.6 is 0 Å². The average molecular weight is 260 g/mol. The zero-order valence-corrected chi connectivity index (χ0v) is 10.9. The molecule has 0 aromatic carbocycles. The molecule has 7 heteroatoms. The summed E-state index contributed by atoms with van der Waals surface area (Å²) in [5, 5.41) is 3.93. The number of unbranched alkanes of at least 4 members (excludes halogenated alkanes) is 2. The van der Waals surface area contributed by atoms with E-state index < -0.39 is 10.0 Å². The molecule has 0 spiro atoms. The topological polar surface area (TPSA) is 90.0 Å². The average Bonchev–Trinajstić information content (AvgIpc) is 2.74. The van der Waals surface area contributed by atoms with Crippen molar-refractivity contribution in [1.82, 2.24) is 14.5 Å². The minimum Gasteiger partial charge on any atom is -0.329 e. The van der Waals surface area contributed by atoms with Crippen LogP contribution in [0.4, 0.5) is 0 Å². The van der Waals surface area contributed by atoms with E-state index in [1.54, 1.807) is 0 Å². The second-order valence-electron chi connectivity index (χ2n) is 3.83. The van der Waals surface area contributed by atoms with Gasteiger partial charge in [-0.1, -0.05) is 19.8 Å². The van der Waals surface area contributed by atoms with Crippen LogP contribution < -0.4 is 10.5 Å². The second-order valence-corrected chi connectivity index (χ2v) is 5.60. The lowest BCUT2D eigenvalue weighted by molar-refractivity contribution is 0.575. The Kier molecular flexibility index (Phi) is 5.60. The summed E-state index contributed by atoms with van der Waals surface area (Å²) in [5.41, 5.74) is 5.37. The molecule has 0 fully saturated rings. The molecule has 1 aromatic rings. The Labute approximate surface area is 102 Å². The molecule has 0 aliphatic carbocycles. The van der Waals surface area contributed by atoms with Crippen molar-refractivity contribution >= 4 is 10.0 Å². The van der Waals surface area contributed by atoms with Crippen molar-refractivity contribution in [3.8, 4) is 0 Å². The van der Waals surface area contributed by atoms with Gasteiger partial charge in [0.05, 0.1) is 12.7 Å². The number of aromatic nitrogens is 2. The van der Waals surface area contributed by atoms with Gasteiger partial charge in [0.1, 0.15) is 4.90 Å². The van der Waals surface area contributed by atoms with Crippen molar-refractivity contribution in [1.29, 1.82) is 0 Å². The molecule has 0 atom stereocenters. The van der Waals surface area contributed by atoms with Crippen molar-refractivity contribution in [3.63, 3.8) is 0 Å². The standard InChI is InChI=1S/C10H20N4O2S/c1-2-3-4-6-13-17(15,16)10-8-12-14(9-10)7-5-11/h8-9,13H,2-7,11H2,1H3. The smallest absolute Gasteiger partial charge is 0.243 e. The molecule has 1 rings (SSSR count). The summed E-state index contributed by atoms with van der Waals surface area (Å²) < 4.78 is 27.7. The fourth-order valence-electron chi connectivity index (χ4n) is 1.40. The molecule has 3 N–H and O–H groups in total. The summed E-state index contributed by atoms with van der Waals surface area (Å²) in [4.78, 5) is 0.197. The fourth-order valence-corrected chi connectivity index (χ4v) is 2.43. The third-order valence-corrected chi connectivity index (χ3v) is 3.77. The van der Waals surface area contributed by atoms with Crippen LogP contribution in [0.2, 0.25) is 0 Å². The third kappa shape index (κ3) is 4.45. The first-order chi connectivity index (χ1) is 8.10. The van der Waals surface area contributed by atoms with Gasteiger partial charge in [-0.05, 0) is 6.42 Å². The van der Waals surface area contributed by atoms with Gasteiger partial charge in [-0.15, -0.1) is 0 Å². The second kappa shape index (κ2) is 6.73. The van der Waals surface area contributed by atoms with Crippen molar-refractivity contribution in [2.75, 3.05) is 13.1 Å². The van der Waals surface area contributed by atoms with Crippen LogP contribution in [-0.2, 0) is 16.6 Å². The summed E-state index contributed by atoms with van der Waals surface area (Å²) in [6, 6.07) is 0. The third-order valence-electron chi connectivity index (χ3n) is 2.35. The van der Waals surface area contributed by atoms with Crippen molar-refractivity contribution < 1.29 is 8.42 Å².